The summed E-state index contributed by atoms with van der Waals surface area (Å²) in [6.45, 7) is 1.84. The molecule has 4 rings (SSSR count). The second-order valence-corrected chi connectivity index (χ2v) is 8.44. The summed E-state index contributed by atoms with van der Waals surface area (Å²) >= 11 is 0. The standard InChI is InChI=1S/C27H14BF8NO/c1-12-2-3-16(18(28)4-12)13-5-21(31)25(22(32)6-13)14-7-23(33)26(24(34)8-14)27(35,36)38-15-9-19(29)17(11-37)20(30)10-15/h2-10H,28H2,1H3. The van der Waals surface area contributed by atoms with Crippen molar-refractivity contribution in [3.05, 3.63) is 106 Å². The van der Waals surface area contributed by atoms with Gasteiger partial charge in [0.25, 0.3) is 0 Å². The van der Waals surface area contributed by atoms with Gasteiger partial charge in [-0.3, -0.25) is 0 Å². The van der Waals surface area contributed by atoms with Crippen LogP contribution in [0, 0.1) is 53.2 Å². The van der Waals surface area contributed by atoms with Crippen LogP contribution in [0.1, 0.15) is 16.7 Å². The number of alkyl halides is 2. The molecule has 0 atom stereocenters. The highest BCUT2D eigenvalue weighted by molar-refractivity contribution is 6.36. The summed E-state index contributed by atoms with van der Waals surface area (Å²) in [4.78, 5) is 0. The van der Waals surface area contributed by atoms with E-state index < -0.39 is 69.0 Å². The van der Waals surface area contributed by atoms with Gasteiger partial charge in [0, 0.05) is 12.1 Å². The number of ether oxygens (including phenoxy) is 1. The van der Waals surface area contributed by atoms with E-state index in [9.17, 15) is 35.1 Å². The monoisotopic (exact) mass is 531 g/mol. The summed E-state index contributed by atoms with van der Waals surface area (Å²) in [5.74, 6) is -10.5. The Labute approximate surface area is 212 Å². The lowest BCUT2D eigenvalue weighted by atomic mass is 9.85. The molecule has 0 saturated carbocycles. The highest BCUT2D eigenvalue weighted by atomic mass is 19.3. The molecule has 0 amide bonds. The minimum Gasteiger partial charge on any atom is -0.429 e. The van der Waals surface area contributed by atoms with Crippen LogP contribution in [0.5, 0.6) is 5.75 Å². The molecule has 0 radical (unpaired) electrons. The van der Waals surface area contributed by atoms with Crippen LogP contribution in [0.3, 0.4) is 0 Å². The summed E-state index contributed by atoms with van der Waals surface area (Å²) in [5.41, 5.74) is -2.29. The maximum absolute atomic E-state index is 15.0. The van der Waals surface area contributed by atoms with Gasteiger partial charge >= 0.3 is 6.11 Å². The zero-order valence-electron chi connectivity index (χ0n) is 19.6. The molecule has 0 aliphatic rings. The summed E-state index contributed by atoms with van der Waals surface area (Å²) in [6.07, 6.45) is -4.80. The predicted molar refractivity (Wildman–Crippen MR) is 126 cm³/mol. The average Bonchev–Trinajstić information content (AvgIpc) is 2.77. The van der Waals surface area contributed by atoms with Crippen molar-refractivity contribution in [2.24, 2.45) is 0 Å². The third-order valence-corrected chi connectivity index (χ3v) is 5.73. The lowest BCUT2D eigenvalue weighted by Gasteiger charge is -2.20. The van der Waals surface area contributed by atoms with E-state index in [0.29, 0.717) is 5.56 Å². The minimum absolute atomic E-state index is 0.153. The maximum Gasteiger partial charge on any atom is 0.432 e. The smallest absolute Gasteiger partial charge is 0.429 e. The molecule has 0 fully saturated rings. The first-order valence-corrected chi connectivity index (χ1v) is 10.8. The summed E-state index contributed by atoms with van der Waals surface area (Å²) in [5, 5.41) is 8.66. The highest BCUT2D eigenvalue weighted by Crippen LogP contribution is 2.39. The molecule has 11 heteroatoms. The first-order valence-electron chi connectivity index (χ1n) is 10.8. The van der Waals surface area contributed by atoms with Gasteiger partial charge in [0.05, 0.1) is 5.56 Å². The van der Waals surface area contributed by atoms with E-state index >= 15 is 0 Å². The van der Waals surface area contributed by atoms with Crippen LogP contribution >= 0.6 is 0 Å². The number of rotatable bonds is 5. The summed E-state index contributed by atoms with van der Waals surface area (Å²) in [7, 11) is 1.73. The average molecular weight is 531 g/mol. The number of hydrogen-bond donors (Lipinski definition) is 0. The number of halogens is 8. The highest BCUT2D eigenvalue weighted by Gasteiger charge is 2.42. The topological polar surface area (TPSA) is 33.0 Å². The number of nitriles is 1. The first-order chi connectivity index (χ1) is 17.8. The van der Waals surface area contributed by atoms with Gasteiger partial charge in [0.2, 0.25) is 0 Å². The van der Waals surface area contributed by atoms with Crippen molar-refractivity contribution < 1.29 is 39.9 Å². The van der Waals surface area contributed by atoms with Crippen LogP contribution in [0.25, 0.3) is 22.3 Å². The zero-order valence-corrected chi connectivity index (χ0v) is 19.6. The molecule has 4 aromatic rings. The van der Waals surface area contributed by atoms with Gasteiger partial charge in [-0.15, -0.1) is 0 Å². The van der Waals surface area contributed by atoms with Crippen LogP contribution < -0.4 is 10.2 Å². The second kappa shape index (κ2) is 9.86. The SMILES string of the molecule is Bc1cc(C)ccc1-c1cc(F)c(-c2cc(F)c(C(F)(F)Oc3cc(F)c(C#N)c(F)c3)c(F)c2)c(F)c1. The first kappa shape index (κ1) is 26.7. The molecule has 0 N–H and O–H groups in total. The zero-order chi connectivity index (χ0) is 27.9. The molecule has 0 saturated heterocycles. The number of aryl methyl sites for hydroxylation is 1. The van der Waals surface area contributed by atoms with E-state index in [1.54, 1.807) is 26.0 Å². The van der Waals surface area contributed by atoms with E-state index in [0.717, 1.165) is 23.2 Å². The Bertz CT molecular complexity index is 1560. The molecule has 2 nitrogen and oxygen atoms in total. The molecule has 38 heavy (non-hydrogen) atoms. The van der Waals surface area contributed by atoms with E-state index in [-0.39, 0.29) is 29.8 Å². The summed E-state index contributed by atoms with van der Waals surface area (Å²) < 4.78 is 120. The Kier molecular flexibility index (Phi) is 6.93. The Morgan fingerprint density at radius 3 is 1.76 bits per heavy atom. The molecular formula is C27H14BF8NO. The van der Waals surface area contributed by atoms with Crippen molar-refractivity contribution in [2.75, 3.05) is 0 Å². The number of hydrogen-bond acceptors (Lipinski definition) is 2. The fourth-order valence-corrected chi connectivity index (χ4v) is 4.05. The van der Waals surface area contributed by atoms with Crippen molar-refractivity contribution >= 4 is 13.3 Å². The van der Waals surface area contributed by atoms with Crippen LogP contribution in [-0.4, -0.2) is 7.85 Å². The number of nitrogens with zero attached hydrogens (tertiary/aromatic N) is 1. The van der Waals surface area contributed by atoms with E-state index in [1.807, 2.05) is 6.92 Å². The quantitative estimate of drug-likeness (QED) is 0.220. The third kappa shape index (κ3) is 4.94. The fraction of sp³-hybridized carbons (Fsp3) is 0.0741. The van der Waals surface area contributed by atoms with E-state index in [1.165, 1.54) is 6.07 Å². The van der Waals surface area contributed by atoms with E-state index in [2.05, 4.69) is 4.74 Å². The van der Waals surface area contributed by atoms with Crippen molar-refractivity contribution in [3.63, 3.8) is 0 Å². The molecule has 0 unspecified atom stereocenters. The molecule has 0 bridgehead atoms. The van der Waals surface area contributed by atoms with Crippen molar-refractivity contribution in [3.8, 4) is 34.1 Å². The maximum atomic E-state index is 15.0. The van der Waals surface area contributed by atoms with Crippen molar-refractivity contribution in [2.45, 2.75) is 13.0 Å². The van der Waals surface area contributed by atoms with Crippen LogP contribution in [0.15, 0.2) is 54.6 Å². The lowest BCUT2D eigenvalue weighted by Crippen LogP contribution is -2.25. The Morgan fingerprint density at radius 2 is 1.26 bits per heavy atom. The molecule has 0 aromatic heterocycles. The molecule has 0 aliphatic carbocycles. The largest absolute Gasteiger partial charge is 0.432 e. The van der Waals surface area contributed by atoms with Gasteiger partial charge in [-0.2, -0.15) is 14.0 Å². The molecule has 4 aromatic carbocycles. The molecule has 0 heterocycles. The Balaban J connectivity index is 1.73. The van der Waals surface area contributed by atoms with Crippen LogP contribution in [-0.2, 0) is 6.11 Å². The Hall–Kier alpha value is -4.33. The lowest BCUT2D eigenvalue weighted by molar-refractivity contribution is -0.189. The van der Waals surface area contributed by atoms with Gasteiger partial charge in [0.15, 0.2) is 0 Å². The van der Waals surface area contributed by atoms with Crippen molar-refractivity contribution in [1.29, 1.82) is 5.26 Å². The Morgan fingerprint density at radius 1 is 0.737 bits per heavy atom. The molecule has 192 valence electrons. The van der Waals surface area contributed by atoms with Gasteiger partial charge < -0.3 is 4.74 Å². The normalized spacial score (nSPS) is 11.4. The van der Waals surface area contributed by atoms with Crippen molar-refractivity contribution in [1.82, 2.24) is 0 Å². The third-order valence-electron chi connectivity index (χ3n) is 5.73. The van der Waals surface area contributed by atoms with E-state index in [4.69, 9.17) is 5.26 Å². The molecular weight excluding hydrogens is 517 g/mol. The molecule has 0 aliphatic heterocycles. The second-order valence-electron chi connectivity index (χ2n) is 8.44. The summed E-state index contributed by atoms with van der Waals surface area (Å²) in [6, 6.07) is 9.31. The van der Waals surface area contributed by atoms with Gasteiger partial charge in [-0.05, 0) is 47.9 Å². The minimum atomic E-state index is -4.80. The van der Waals surface area contributed by atoms with Gasteiger partial charge in [0.1, 0.15) is 65.7 Å². The van der Waals surface area contributed by atoms with Gasteiger partial charge in [-0.1, -0.05) is 29.2 Å². The number of benzene rings is 4. The van der Waals surface area contributed by atoms with Crippen LogP contribution in [0.2, 0.25) is 0 Å². The predicted octanol–water partition coefficient (Wildman–Crippen LogP) is 6.42. The van der Waals surface area contributed by atoms with Gasteiger partial charge in [-0.25, -0.2) is 26.3 Å². The van der Waals surface area contributed by atoms with Crippen LogP contribution in [0.4, 0.5) is 35.1 Å². The fourth-order valence-electron chi connectivity index (χ4n) is 4.05. The molecule has 0 spiro atoms.